The highest BCUT2D eigenvalue weighted by Gasteiger charge is 2.90. The number of rotatable bonds is 1. The molecule has 1 aromatic rings. The number of methoxy groups -OCH3 is 1. The number of aliphatic hydroxyl groups is 2. The lowest BCUT2D eigenvalue weighted by Crippen LogP contribution is -2.65. The third-order valence-corrected chi connectivity index (χ3v) is 18.1. The van der Waals surface area contributed by atoms with Crippen LogP contribution in [0.25, 0.3) is 0 Å². The van der Waals surface area contributed by atoms with Gasteiger partial charge < -0.3 is 20.3 Å². The highest BCUT2D eigenvalue weighted by molar-refractivity contribution is 8.77. The van der Waals surface area contributed by atoms with Crippen LogP contribution in [0.5, 0.6) is 0 Å². The van der Waals surface area contributed by atoms with E-state index in [1.165, 1.54) is 24.8 Å². The van der Waals surface area contributed by atoms with Gasteiger partial charge in [-0.3, -0.25) is 4.79 Å². The Morgan fingerprint density at radius 3 is 2.91 bits per heavy atom. The first-order valence-electron chi connectivity index (χ1n) is 17.0. The fourth-order valence-electron chi connectivity index (χ4n) is 13.8. The largest absolute Gasteiger partial charge is 0.391 e. The molecule has 7 heteroatoms. The predicted molar refractivity (Wildman–Crippen MR) is 173 cm³/mol. The summed E-state index contributed by atoms with van der Waals surface area (Å²) in [6, 6.07) is 9.13. The van der Waals surface area contributed by atoms with Gasteiger partial charge in [-0.05, 0) is 116 Å². The van der Waals surface area contributed by atoms with Gasteiger partial charge in [0.1, 0.15) is 11.4 Å². The SMILES string of the molecule is COC1CC(=O)C2C3CC4CCC56CC7CSSC8CCCC(O)C8Nc8cccc(c8)CC7C5C=CCC4(C12O)C36C. The summed E-state index contributed by atoms with van der Waals surface area (Å²) in [7, 11) is 5.78. The predicted octanol–water partition coefficient (Wildman–Crippen LogP) is 6.29. The minimum absolute atomic E-state index is 0.0793. The van der Waals surface area contributed by atoms with E-state index in [4.69, 9.17) is 4.74 Å². The van der Waals surface area contributed by atoms with Crippen molar-refractivity contribution in [2.45, 2.75) is 100 Å². The second-order valence-electron chi connectivity index (χ2n) is 15.9. The number of benzene rings is 1. The maximum atomic E-state index is 13.7. The summed E-state index contributed by atoms with van der Waals surface area (Å²) in [6.07, 6.45) is 14.5. The Morgan fingerprint density at radius 1 is 1.16 bits per heavy atom. The van der Waals surface area contributed by atoms with Gasteiger partial charge >= 0.3 is 0 Å². The molecule has 6 saturated carbocycles. The Balaban J connectivity index is 1.15. The van der Waals surface area contributed by atoms with Crippen molar-refractivity contribution in [3.63, 3.8) is 0 Å². The van der Waals surface area contributed by atoms with E-state index in [2.05, 4.69) is 59.5 Å². The lowest BCUT2D eigenvalue weighted by Gasteiger charge is -2.63. The van der Waals surface area contributed by atoms with Crippen LogP contribution in [0.4, 0.5) is 5.69 Å². The highest BCUT2D eigenvalue weighted by atomic mass is 33.1. The van der Waals surface area contributed by atoms with Crippen LogP contribution < -0.4 is 5.32 Å². The van der Waals surface area contributed by atoms with Crippen LogP contribution in [0.1, 0.15) is 70.3 Å². The first kappa shape index (κ1) is 28.3. The normalized spacial score (nSPS) is 54.4. The van der Waals surface area contributed by atoms with Gasteiger partial charge in [-0.1, -0.05) is 52.8 Å². The molecule has 0 radical (unpaired) electrons. The molecule has 232 valence electrons. The molecule has 0 aromatic heterocycles. The summed E-state index contributed by atoms with van der Waals surface area (Å²) in [6.45, 7) is 2.56. The van der Waals surface area contributed by atoms with E-state index in [1.54, 1.807) is 7.11 Å². The second kappa shape index (κ2) is 9.53. The van der Waals surface area contributed by atoms with E-state index in [0.717, 1.165) is 50.0 Å². The van der Waals surface area contributed by atoms with Gasteiger partial charge in [-0.2, -0.15) is 0 Å². The number of nitrogens with one attached hydrogen (secondary N) is 1. The van der Waals surface area contributed by atoms with Crippen molar-refractivity contribution < 1.29 is 19.7 Å². The van der Waals surface area contributed by atoms with E-state index in [9.17, 15) is 15.0 Å². The molecule has 1 aromatic carbocycles. The molecule has 43 heavy (non-hydrogen) atoms. The van der Waals surface area contributed by atoms with Crippen LogP contribution in [-0.4, -0.2) is 58.0 Å². The van der Waals surface area contributed by atoms with E-state index in [0.29, 0.717) is 35.3 Å². The van der Waals surface area contributed by atoms with Gasteiger partial charge in [-0.15, -0.1) is 0 Å². The van der Waals surface area contributed by atoms with Crippen molar-refractivity contribution in [2.75, 3.05) is 18.2 Å². The second-order valence-corrected chi connectivity index (χ2v) is 18.5. The molecule has 8 aliphatic rings. The standard InChI is InChI=1S/C36H47NO4S2/c1-33-26-16-22-11-13-34(33)18-21-19-42-43-29-10-4-9-27(38)32(29)37-23-7-3-6-20(14-23)15-24(21)25(34)8-5-12-35(22,33)36(40)30(41-2)17-28(39)31(26)36/h3,5-8,14,21-22,24-27,29-32,37-38,40H,4,9-13,15-19H2,1-2H3. The molecule has 6 fully saturated rings. The third kappa shape index (κ3) is 3.28. The average molecular weight is 622 g/mol. The fraction of sp³-hybridized carbons (Fsp3) is 0.750. The topological polar surface area (TPSA) is 78.8 Å². The van der Waals surface area contributed by atoms with E-state index in [1.807, 2.05) is 10.8 Å². The smallest absolute Gasteiger partial charge is 0.141 e. The molecule has 1 heterocycles. The maximum Gasteiger partial charge on any atom is 0.141 e. The molecule has 9 rings (SSSR count). The minimum atomic E-state index is -1.05. The Kier molecular flexibility index (Phi) is 6.26. The molecule has 5 nitrogen and oxygen atoms in total. The Labute approximate surface area is 264 Å². The van der Waals surface area contributed by atoms with Gasteiger partial charge in [0.2, 0.25) is 0 Å². The summed E-state index contributed by atoms with van der Waals surface area (Å²) in [5, 5.41) is 28.1. The molecule has 14 atom stereocenters. The van der Waals surface area contributed by atoms with Crippen molar-refractivity contribution in [1.82, 2.24) is 0 Å². The number of anilines is 1. The molecule has 0 saturated heterocycles. The van der Waals surface area contributed by atoms with Gasteiger partial charge in [-0.25, -0.2) is 0 Å². The van der Waals surface area contributed by atoms with E-state index < -0.39 is 5.60 Å². The number of ether oxygens (including phenoxy) is 1. The number of carbonyl (C=O) groups is 1. The molecular weight excluding hydrogens is 575 g/mol. The molecule has 1 aliphatic heterocycles. The molecule has 3 N–H and O–H groups in total. The summed E-state index contributed by atoms with van der Waals surface area (Å²) in [5.41, 5.74) is 1.20. The zero-order valence-corrected chi connectivity index (χ0v) is 27.2. The minimum Gasteiger partial charge on any atom is -0.391 e. The molecular formula is C36H47NO4S2. The van der Waals surface area contributed by atoms with Gasteiger partial charge in [0.15, 0.2) is 0 Å². The quantitative estimate of drug-likeness (QED) is 0.251. The van der Waals surface area contributed by atoms with Gasteiger partial charge in [0.05, 0.1) is 24.2 Å². The van der Waals surface area contributed by atoms with Crippen molar-refractivity contribution in [2.24, 2.45) is 51.8 Å². The molecule has 0 amide bonds. The Morgan fingerprint density at radius 2 is 2.05 bits per heavy atom. The summed E-state index contributed by atoms with van der Waals surface area (Å²) in [5.74, 6) is 3.42. The highest BCUT2D eigenvalue weighted by Crippen LogP contribution is 2.89. The van der Waals surface area contributed by atoms with Gasteiger partial charge in [0, 0.05) is 35.6 Å². The van der Waals surface area contributed by atoms with Crippen LogP contribution in [-0.2, 0) is 16.0 Å². The monoisotopic (exact) mass is 621 g/mol. The number of carbonyl (C=O) groups excluding carboxylic acids is 1. The molecule has 7 aliphatic carbocycles. The summed E-state index contributed by atoms with van der Waals surface area (Å²) < 4.78 is 6.03. The molecule has 7 bridgehead atoms. The fourth-order valence-corrected chi connectivity index (χ4v) is 17.1. The zero-order valence-electron chi connectivity index (χ0n) is 25.5. The summed E-state index contributed by atoms with van der Waals surface area (Å²) in [4.78, 5) is 13.7. The number of allylic oxidation sites excluding steroid dienone is 2. The Hall–Kier alpha value is -0.990. The molecule has 14 unspecified atom stereocenters. The zero-order chi connectivity index (χ0) is 29.4. The van der Waals surface area contributed by atoms with Crippen LogP contribution >= 0.6 is 21.6 Å². The Bertz CT molecular complexity index is 1370. The lowest BCUT2D eigenvalue weighted by molar-refractivity contribution is -0.231. The number of aliphatic hydroxyl groups excluding tert-OH is 1. The molecule has 1 spiro atoms. The van der Waals surface area contributed by atoms with Crippen LogP contribution in [0.2, 0.25) is 0 Å². The van der Waals surface area contributed by atoms with Crippen molar-refractivity contribution in [3.8, 4) is 0 Å². The lowest BCUT2D eigenvalue weighted by atomic mass is 9.41. The van der Waals surface area contributed by atoms with Crippen LogP contribution in [0.3, 0.4) is 0 Å². The van der Waals surface area contributed by atoms with Crippen LogP contribution in [0, 0.1) is 51.8 Å². The van der Waals surface area contributed by atoms with E-state index in [-0.39, 0.29) is 52.1 Å². The number of Topliss-reactive ketones (excluding diaryl/α,β-unsaturated/α-hetero) is 1. The number of fused-ring (bicyclic) bond motifs is 7. The van der Waals surface area contributed by atoms with Crippen molar-refractivity contribution >= 4 is 33.1 Å². The van der Waals surface area contributed by atoms with E-state index >= 15 is 0 Å². The number of hydrogen-bond donors (Lipinski definition) is 3. The van der Waals surface area contributed by atoms with Crippen molar-refractivity contribution in [3.05, 3.63) is 42.0 Å². The van der Waals surface area contributed by atoms with Crippen molar-refractivity contribution in [1.29, 1.82) is 0 Å². The summed E-state index contributed by atoms with van der Waals surface area (Å²) >= 11 is 0. The number of hydrogen-bond acceptors (Lipinski definition) is 7. The number of ketones is 1. The average Bonchev–Trinajstić information content (AvgIpc) is 3.54. The maximum absolute atomic E-state index is 13.7. The first-order chi connectivity index (χ1) is 20.8. The first-order valence-corrected chi connectivity index (χ1v) is 19.4. The van der Waals surface area contributed by atoms with Gasteiger partial charge in [0.25, 0.3) is 0 Å². The third-order valence-electron chi connectivity index (χ3n) is 15.1. The van der Waals surface area contributed by atoms with Crippen LogP contribution in [0.15, 0.2) is 36.4 Å².